The number of rotatable bonds is 3. The van der Waals surface area contributed by atoms with Crippen LogP contribution in [0.4, 0.5) is 0 Å². The Morgan fingerprint density at radius 2 is 1.88 bits per heavy atom. The fourth-order valence-corrected chi connectivity index (χ4v) is 4.21. The molecule has 2 heterocycles. The molecule has 2 aliphatic heterocycles. The van der Waals surface area contributed by atoms with Gasteiger partial charge in [-0.15, -0.1) is 0 Å². The lowest BCUT2D eigenvalue weighted by molar-refractivity contribution is 0.0833. The van der Waals surface area contributed by atoms with E-state index in [4.69, 9.17) is 0 Å². The number of hydrogen-bond donors (Lipinski definition) is 1. The zero-order chi connectivity index (χ0) is 11.5. The molecule has 3 unspecified atom stereocenters. The second-order valence-electron chi connectivity index (χ2n) is 6.54. The number of hydrogen-bond acceptors (Lipinski definition) is 2. The van der Waals surface area contributed by atoms with Gasteiger partial charge in [0, 0.05) is 6.54 Å². The number of likely N-dealkylation sites (tertiary alicyclic amines) is 1. The van der Waals surface area contributed by atoms with Crippen molar-refractivity contribution in [3.05, 3.63) is 0 Å². The normalized spacial score (nSPS) is 39.2. The summed E-state index contributed by atoms with van der Waals surface area (Å²) in [5.74, 6) is 3.12. The molecule has 3 aliphatic rings. The van der Waals surface area contributed by atoms with Crippen LogP contribution in [0, 0.1) is 17.8 Å². The molecular formula is C15H28N2. The molecule has 0 aromatic rings. The Morgan fingerprint density at radius 3 is 2.71 bits per heavy atom. The molecule has 2 nitrogen and oxygen atoms in total. The number of nitrogens with zero attached hydrogens (tertiary/aromatic N) is 1. The smallest absolute Gasteiger partial charge is 0.00123 e. The first-order chi connectivity index (χ1) is 8.42. The summed E-state index contributed by atoms with van der Waals surface area (Å²) in [7, 11) is 0. The van der Waals surface area contributed by atoms with Gasteiger partial charge in [-0.05, 0) is 69.6 Å². The minimum atomic E-state index is 0.971. The van der Waals surface area contributed by atoms with Crippen LogP contribution in [0.15, 0.2) is 0 Å². The highest BCUT2D eigenvalue weighted by Gasteiger charge is 2.31. The Kier molecular flexibility index (Phi) is 4.02. The van der Waals surface area contributed by atoms with Crippen LogP contribution in [0.5, 0.6) is 0 Å². The molecule has 1 N–H and O–H groups in total. The minimum Gasteiger partial charge on any atom is -0.316 e. The highest BCUT2D eigenvalue weighted by Crippen LogP contribution is 2.36. The number of nitrogens with one attached hydrogen (secondary N) is 1. The number of piperidine rings is 1. The molecule has 0 amide bonds. The van der Waals surface area contributed by atoms with Crippen LogP contribution >= 0.6 is 0 Å². The Hall–Kier alpha value is -0.0800. The fraction of sp³-hybridized carbons (Fsp3) is 1.00. The molecule has 0 bridgehead atoms. The second-order valence-corrected chi connectivity index (χ2v) is 6.54. The molecule has 0 radical (unpaired) electrons. The summed E-state index contributed by atoms with van der Waals surface area (Å²) < 4.78 is 0. The van der Waals surface area contributed by atoms with Crippen LogP contribution in [-0.4, -0.2) is 37.6 Å². The Balaban J connectivity index is 1.42. The third kappa shape index (κ3) is 3.03. The highest BCUT2D eigenvalue weighted by atomic mass is 15.1. The predicted molar refractivity (Wildman–Crippen MR) is 72.1 cm³/mol. The quantitative estimate of drug-likeness (QED) is 0.810. The maximum Gasteiger partial charge on any atom is 0.00123 e. The maximum absolute atomic E-state index is 3.49. The van der Waals surface area contributed by atoms with Gasteiger partial charge in [0.1, 0.15) is 0 Å². The van der Waals surface area contributed by atoms with E-state index in [1.807, 2.05) is 0 Å². The van der Waals surface area contributed by atoms with E-state index in [-0.39, 0.29) is 0 Å². The number of fused-ring (bicyclic) bond motifs is 1. The van der Waals surface area contributed by atoms with Crippen LogP contribution in [0.25, 0.3) is 0 Å². The molecule has 2 heteroatoms. The molecule has 1 saturated carbocycles. The van der Waals surface area contributed by atoms with Crippen molar-refractivity contribution in [2.75, 3.05) is 32.7 Å². The van der Waals surface area contributed by atoms with Crippen molar-refractivity contribution in [1.82, 2.24) is 10.2 Å². The van der Waals surface area contributed by atoms with Crippen molar-refractivity contribution in [3.63, 3.8) is 0 Å². The van der Waals surface area contributed by atoms with E-state index < -0.39 is 0 Å². The van der Waals surface area contributed by atoms with E-state index in [1.54, 1.807) is 0 Å². The topological polar surface area (TPSA) is 15.3 Å². The maximum atomic E-state index is 3.49. The van der Waals surface area contributed by atoms with Gasteiger partial charge in [-0.3, -0.25) is 0 Å². The molecule has 3 rings (SSSR count). The van der Waals surface area contributed by atoms with Crippen molar-refractivity contribution in [3.8, 4) is 0 Å². The zero-order valence-electron chi connectivity index (χ0n) is 11.2. The summed E-state index contributed by atoms with van der Waals surface area (Å²) in [4.78, 5) is 2.77. The van der Waals surface area contributed by atoms with Crippen molar-refractivity contribution in [2.24, 2.45) is 17.8 Å². The van der Waals surface area contributed by atoms with Crippen molar-refractivity contribution < 1.29 is 0 Å². The van der Waals surface area contributed by atoms with E-state index in [9.17, 15) is 0 Å². The summed E-state index contributed by atoms with van der Waals surface area (Å²) in [6.45, 7) is 6.72. The molecule has 3 atom stereocenters. The van der Waals surface area contributed by atoms with Crippen LogP contribution in [0.2, 0.25) is 0 Å². The molecule has 1 aliphatic carbocycles. The van der Waals surface area contributed by atoms with Gasteiger partial charge in [-0.2, -0.15) is 0 Å². The molecule has 0 aromatic heterocycles. The third-order valence-corrected chi connectivity index (χ3v) is 5.39. The molecular weight excluding hydrogens is 208 g/mol. The van der Waals surface area contributed by atoms with Crippen molar-refractivity contribution in [2.45, 2.75) is 44.9 Å². The molecule has 98 valence electrons. The Bertz CT molecular complexity index is 235. The summed E-state index contributed by atoms with van der Waals surface area (Å²) in [5, 5.41) is 3.49. The summed E-state index contributed by atoms with van der Waals surface area (Å²) in [5.41, 5.74) is 0. The van der Waals surface area contributed by atoms with Gasteiger partial charge in [0.2, 0.25) is 0 Å². The third-order valence-electron chi connectivity index (χ3n) is 5.39. The van der Waals surface area contributed by atoms with Gasteiger partial charge in [0.05, 0.1) is 0 Å². The first kappa shape index (κ1) is 12.0. The van der Waals surface area contributed by atoms with Gasteiger partial charge in [0.15, 0.2) is 0 Å². The fourth-order valence-electron chi connectivity index (χ4n) is 4.21. The van der Waals surface area contributed by atoms with Crippen molar-refractivity contribution in [1.29, 1.82) is 0 Å². The molecule has 3 fully saturated rings. The molecule has 2 saturated heterocycles. The second kappa shape index (κ2) is 5.71. The van der Waals surface area contributed by atoms with Crippen molar-refractivity contribution >= 4 is 0 Å². The zero-order valence-corrected chi connectivity index (χ0v) is 11.2. The Morgan fingerprint density at radius 1 is 1.00 bits per heavy atom. The summed E-state index contributed by atoms with van der Waals surface area (Å²) in [6.07, 6.45) is 10.4. The standard InChI is InChI=1S/C15H28N2/c1-2-4-15-12-17(10-7-14(15)3-1)9-6-13-5-8-16-11-13/h13-16H,1-12H2. The van der Waals surface area contributed by atoms with Gasteiger partial charge < -0.3 is 10.2 Å². The van der Waals surface area contributed by atoms with E-state index in [0.717, 1.165) is 17.8 Å². The first-order valence-electron chi connectivity index (χ1n) is 7.85. The lowest BCUT2D eigenvalue weighted by Crippen LogP contribution is -2.42. The lowest BCUT2D eigenvalue weighted by Gasteiger charge is -2.41. The van der Waals surface area contributed by atoms with E-state index in [1.165, 1.54) is 77.7 Å². The minimum absolute atomic E-state index is 0.971. The largest absolute Gasteiger partial charge is 0.316 e. The molecule has 17 heavy (non-hydrogen) atoms. The lowest BCUT2D eigenvalue weighted by atomic mass is 9.75. The first-order valence-corrected chi connectivity index (χ1v) is 7.85. The van der Waals surface area contributed by atoms with Crippen LogP contribution in [0.3, 0.4) is 0 Å². The SMILES string of the molecule is C1CCC2CN(CCC3CCNC3)CCC2C1. The van der Waals surface area contributed by atoms with Gasteiger partial charge in [-0.25, -0.2) is 0 Å². The molecule has 0 aromatic carbocycles. The summed E-state index contributed by atoms with van der Waals surface area (Å²) in [6, 6.07) is 0. The average molecular weight is 236 g/mol. The summed E-state index contributed by atoms with van der Waals surface area (Å²) >= 11 is 0. The van der Waals surface area contributed by atoms with Gasteiger partial charge in [-0.1, -0.05) is 19.3 Å². The Labute approximate surface area is 106 Å². The van der Waals surface area contributed by atoms with Gasteiger partial charge in [0.25, 0.3) is 0 Å². The van der Waals surface area contributed by atoms with Crippen LogP contribution in [0.1, 0.15) is 44.9 Å². The van der Waals surface area contributed by atoms with E-state index in [0.29, 0.717) is 0 Å². The predicted octanol–water partition coefficient (Wildman–Crippen LogP) is 2.50. The molecule has 0 spiro atoms. The highest BCUT2D eigenvalue weighted by molar-refractivity contribution is 4.84. The van der Waals surface area contributed by atoms with E-state index in [2.05, 4.69) is 10.2 Å². The average Bonchev–Trinajstić information content (AvgIpc) is 2.89. The van der Waals surface area contributed by atoms with E-state index >= 15 is 0 Å². The monoisotopic (exact) mass is 236 g/mol. The van der Waals surface area contributed by atoms with Crippen LogP contribution in [-0.2, 0) is 0 Å². The van der Waals surface area contributed by atoms with Gasteiger partial charge >= 0.3 is 0 Å². The van der Waals surface area contributed by atoms with Crippen LogP contribution < -0.4 is 5.32 Å².